The number of benzene rings is 2. The third-order valence-corrected chi connectivity index (χ3v) is 6.84. The van der Waals surface area contributed by atoms with Gasteiger partial charge in [0.15, 0.2) is 5.16 Å². The van der Waals surface area contributed by atoms with Gasteiger partial charge < -0.3 is 15.0 Å². The van der Waals surface area contributed by atoms with Crippen LogP contribution >= 0.6 is 23.4 Å². The number of rotatable bonds is 7. The molecule has 7 nitrogen and oxygen atoms in total. The third kappa shape index (κ3) is 5.26. The van der Waals surface area contributed by atoms with Crippen LogP contribution in [-0.2, 0) is 16.1 Å². The van der Waals surface area contributed by atoms with Crippen LogP contribution in [0.4, 0.5) is 11.6 Å². The van der Waals surface area contributed by atoms with Crippen molar-refractivity contribution in [1.29, 1.82) is 0 Å². The third-order valence-electron chi connectivity index (χ3n) is 5.35. The molecule has 1 amide bonds. The molecule has 3 aromatic rings. The lowest BCUT2D eigenvalue weighted by molar-refractivity contribution is -0.115. The standard InChI is InChI=1S/C23H26ClN5O2S/c1-16-19(24)9-6-10-20(16)25-21(30)17(2)32-23-27-26-22(28-11-13-31-14-12-28)29(23)15-18-7-4-3-5-8-18/h3-10,17H,11-15H2,1-2H3,(H,25,30)/t17-/m0/s1. The van der Waals surface area contributed by atoms with Gasteiger partial charge in [0.25, 0.3) is 0 Å². The van der Waals surface area contributed by atoms with Gasteiger partial charge >= 0.3 is 0 Å². The van der Waals surface area contributed by atoms with Crippen LogP contribution in [0.2, 0.25) is 5.02 Å². The molecule has 1 N–H and O–H groups in total. The lowest BCUT2D eigenvalue weighted by Crippen LogP contribution is -2.38. The van der Waals surface area contributed by atoms with Crippen LogP contribution in [0.25, 0.3) is 0 Å². The Hall–Kier alpha value is -2.55. The highest BCUT2D eigenvalue weighted by atomic mass is 35.5. The molecule has 1 aliphatic rings. The number of amides is 1. The molecule has 9 heteroatoms. The van der Waals surface area contributed by atoms with E-state index in [2.05, 4.69) is 37.1 Å². The summed E-state index contributed by atoms with van der Waals surface area (Å²) in [6.45, 7) is 7.25. The fraction of sp³-hybridized carbons (Fsp3) is 0.348. The summed E-state index contributed by atoms with van der Waals surface area (Å²) < 4.78 is 7.57. The van der Waals surface area contributed by atoms with E-state index in [1.807, 2.05) is 50.2 Å². The Kier molecular flexibility index (Phi) is 7.34. The molecule has 168 valence electrons. The topological polar surface area (TPSA) is 72.3 Å². The Morgan fingerprint density at radius 1 is 1.16 bits per heavy atom. The fourth-order valence-corrected chi connectivity index (χ4v) is 4.48. The van der Waals surface area contributed by atoms with Crippen molar-refractivity contribution in [3.63, 3.8) is 0 Å². The van der Waals surface area contributed by atoms with Crippen LogP contribution in [0.15, 0.2) is 53.7 Å². The number of nitrogens with one attached hydrogen (secondary N) is 1. The molecule has 0 aliphatic carbocycles. The summed E-state index contributed by atoms with van der Waals surface area (Å²) in [6.07, 6.45) is 0. The number of morpholine rings is 1. The molecule has 1 fully saturated rings. The van der Waals surface area contributed by atoms with Gasteiger partial charge in [-0.05, 0) is 37.1 Å². The minimum atomic E-state index is -0.371. The second-order valence-corrected chi connectivity index (χ2v) is 9.33. The van der Waals surface area contributed by atoms with Crippen LogP contribution in [0.1, 0.15) is 18.1 Å². The lowest BCUT2D eigenvalue weighted by Gasteiger charge is -2.28. The van der Waals surface area contributed by atoms with Crippen LogP contribution in [0.5, 0.6) is 0 Å². The van der Waals surface area contributed by atoms with Gasteiger partial charge in [0.2, 0.25) is 11.9 Å². The second kappa shape index (κ2) is 10.4. The first kappa shape index (κ1) is 22.6. The Balaban J connectivity index is 1.54. The summed E-state index contributed by atoms with van der Waals surface area (Å²) >= 11 is 7.59. The first-order chi connectivity index (χ1) is 15.5. The first-order valence-electron chi connectivity index (χ1n) is 10.6. The zero-order valence-corrected chi connectivity index (χ0v) is 19.7. The minimum absolute atomic E-state index is 0.109. The molecule has 32 heavy (non-hydrogen) atoms. The average molecular weight is 472 g/mol. The number of anilines is 2. The largest absolute Gasteiger partial charge is 0.378 e. The number of carbonyl (C=O) groups is 1. The van der Waals surface area contributed by atoms with E-state index >= 15 is 0 Å². The van der Waals surface area contributed by atoms with E-state index in [0.29, 0.717) is 29.9 Å². The van der Waals surface area contributed by atoms with Crippen LogP contribution in [-0.4, -0.2) is 52.2 Å². The molecule has 1 aliphatic heterocycles. The van der Waals surface area contributed by atoms with Crippen molar-refractivity contribution in [2.75, 3.05) is 36.5 Å². The molecular formula is C23H26ClN5O2S. The Bertz CT molecular complexity index is 1070. The maximum Gasteiger partial charge on any atom is 0.237 e. The molecule has 2 heterocycles. The van der Waals surface area contributed by atoms with Crippen molar-refractivity contribution in [2.45, 2.75) is 30.8 Å². The summed E-state index contributed by atoms with van der Waals surface area (Å²) in [4.78, 5) is 15.1. The maximum atomic E-state index is 12.9. The predicted molar refractivity (Wildman–Crippen MR) is 129 cm³/mol. The van der Waals surface area contributed by atoms with Gasteiger partial charge in [-0.15, -0.1) is 10.2 Å². The fourth-order valence-electron chi connectivity index (χ4n) is 3.46. The molecular weight excluding hydrogens is 446 g/mol. The SMILES string of the molecule is Cc1c(Cl)cccc1NC(=O)[C@H](C)Sc1nnc(N2CCOCC2)n1Cc1ccccc1. The molecule has 4 rings (SSSR count). The smallest absolute Gasteiger partial charge is 0.237 e. The minimum Gasteiger partial charge on any atom is -0.378 e. The van der Waals surface area contributed by atoms with Crippen molar-refractivity contribution in [3.8, 4) is 0 Å². The Labute approximate surface area is 197 Å². The molecule has 0 spiro atoms. The van der Waals surface area contributed by atoms with E-state index in [1.54, 1.807) is 0 Å². The van der Waals surface area contributed by atoms with E-state index < -0.39 is 0 Å². The van der Waals surface area contributed by atoms with Crippen molar-refractivity contribution in [3.05, 3.63) is 64.7 Å². The molecule has 0 bridgehead atoms. The van der Waals surface area contributed by atoms with Crippen LogP contribution in [0.3, 0.4) is 0 Å². The van der Waals surface area contributed by atoms with Gasteiger partial charge in [-0.1, -0.05) is 59.8 Å². The quantitative estimate of drug-likeness (QED) is 0.519. The van der Waals surface area contributed by atoms with Gasteiger partial charge in [-0.25, -0.2) is 0 Å². The van der Waals surface area contributed by atoms with E-state index in [1.165, 1.54) is 11.8 Å². The number of nitrogens with zero attached hydrogens (tertiary/aromatic N) is 4. The highest BCUT2D eigenvalue weighted by Crippen LogP contribution is 2.29. The van der Waals surface area contributed by atoms with Gasteiger partial charge in [0.05, 0.1) is 25.0 Å². The van der Waals surface area contributed by atoms with Gasteiger partial charge in [-0.3, -0.25) is 9.36 Å². The van der Waals surface area contributed by atoms with Crippen molar-refractivity contribution < 1.29 is 9.53 Å². The number of hydrogen-bond acceptors (Lipinski definition) is 6. The number of hydrogen-bond donors (Lipinski definition) is 1. The number of ether oxygens (including phenoxy) is 1. The van der Waals surface area contributed by atoms with Crippen molar-refractivity contribution >= 4 is 40.9 Å². The molecule has 1 aromatic heterocycles. The zero-order chi connectivity index (χ0) is 22.5. The van der Waals surface area contributed by atoms with E-state index in [0.717, 1.165) is 35.9 Å². The lowest BCUT2D eigenvalue weighted by atomic mass is 10.2. The molecule has 0 unspecified atom stereocenters. The van der Waals surface area contributed by atoms with Crippen LogP contribution in [0, 0.1) is 6.92 Å². The highest BCUT2D eigenvalue weighted by Gasteiger charge is 2.24. The number of carbonyl (C=O) groups excluding carboxylic acids is 1. The molecule has 1 saturated heterocycles. The monoisotopic (exact) mass is 471 g/mol. The van der Waals surface area contributed by atoms with Crippen molar-refractivity contribution in [1.82, 2.24) is 14.8 Å². The molecule has 2 aromatic carbocycles. The van der Waals surface area contributed by atoms with E-state index in [4.69, 9.17) is 16.3 Å². The summed E-state index contributed by atoms with van der Waals surface area (Å²) in [5.74, 6) is 0.695. The molecule has 0 saturated carbocycles. The zero-order valence-electron chi connectivity index (χ0n) is 18.1. The van der Waals surface area contributed by atoms with Crippen molar-refractivity contribution in [2.24, 2.45) is 0 Å². The summed E-state index contributed by atoms with van der Waals surface area (Å²) in [5, 5.41) is 12.9. The first-order valence-corrected chi connectivity index (χ1v) is 11.8. The summed E-state index contributed by atoms with van der Waals surface area (Å²) in [5.41, 5.74) is 2.71. The normalized spacial score (nSPS) is 14.9. The summed E-state index contributed by atoms with van der Waals surface area (Å²) in [7, 11) is 0. The highest BCUT2D eigenvalue weighted by molar-refractivity contribution is 8.00. The van der Waals surface area contributed by atoms with E-state index in [9.17, 15) is 4.79 Å². The number of halogens is 1. The van der Waals surface area contributed by atoms with Crippen LogP contribution < -0.4 is 10.2 Å². The molecule has 0 radical (unpaired) electrons. The number of aromatic nitrogens is 3. The average Bonchev–Trinajstić information content (AvgIpc) is 3.20. The van der Waals surface area contributed by atoms with Gasteiger partial charge in [0, 0.05) is 23.8 Å². The number of thioether (sulfide) groups is 1. The van der Waals surface area contributed by atoms with Gasteiger partial charge in [-0.2, -0.15) is 0 Å². The van der Waals surface area contributed by atoms with Gasteiger partial charge in [0.1, 0.15) is 0 Å². The maximum absolute atomic E-state index is 12.9. The Morgan fingerprint density at radius 2 is 1.91 bits per heavy atom. The van der Waals surface area contributed by atoms with E-state index in [-0.39, 0.29) is 11.2 Å². The predicted octanol–water partition coefficient (Wildman–Crippen LogP) is 4.24. The Morgan fingerprint density at radius 3 is 2.66 bits per heavy atom. The summed E-state index contributed by atoms with van der Waals surface area (Å²) in [6, 6.07) is 15.7. The second-order valence-electron chi connectivity index (χ2n) is 7.62. The molecule has 1 atom stereocenters.